The van der Waals surface area contributed by atoms with Crippen LogP contribution in [0.1, 0.15) is 6.42 Å². The SMILES string of the molecule is N#CCCN1CCOCCOCCOCCOCC1. The van der Waals surface area contributed by atoms with Crippen LogP contribution >= 0.6 is 0 Å². The summed E-state index contributed by atoms with van der Waals surface area (Å²) in [4.78, 5) is 2.19. The maximum Gasteiger partial charge on any atom is 0.0701 e. The molecule has 19 heavy (non-hydrogen) atoms. The number of rotatable bonds is 2. The van der Waals surface area contributed by atoms with E-state index in [0.717, 1.165) is 19.6 Å². The van der Waals surface area contributed by atoms with Gasteiger partial charge in [0.05, 0.1) is 58.9 Å². The third-order valence-corrected chi connectivity index (χ3v) is 2.76. The fourth-order valence-corrected chi connectivity index (χ4v) is 1.69. The van der Waals surface area contributed by atoms with Gasteiger partial charge in [0, 0.05) is 26.1 Å². The molecule has 1 aliphatic rings. The molecule has 0 bridgehead atoms. The van der Waals surface area contributed by atoms with Crippen LogP contribution in [-0.2, 0) is 18.9 Å². The third kappa shape index (κ3) is 9.82. The quantitative estimate of drug-likeness (QED) is 0.719. The number of nitriles is 1. The molecule has 0 amide bonds. The predicted molar refractivity (Wildman–Crippen MR) is 69.9 cm³/mol. The molecule has 1 fully saturated rings. The summed E-state index contributed by atoms with van der Waals surface area (Å²) >= 11 is 0. The van der Waals surface area contributed by atoms with Crippen molar-refractivity contribution in [3.8, 4) is 6.07 Å². The summed E-state index contributed by atoms with van der Waals surface area (Å²) in [5, 5.41) is 8.63. The van der Waals surface area contributed by atoms with Gasteiger partial charge in [-0.15, -0.1) is 0 Å². The molecule has 1 heterocycles. The van der Waals surface area contributed by atoms with Crippen LogP contribution in [0.2, 0.25) is 0 Å². The average molecular weight is 272 g/mol. The summed E-state index contributed by atoms with van der Waals surface area (Å²) in [6.45, 7) is 7.30. The van der Waals surface area contributed by atoms with Gasteiger partial charge in [-0.2, -0.15) is 5.26 Å². The molecule has 0 radical (unpaired) electrons. The molecule has 0 aliphatic carbocycles. The monoisotopic (exact) mass is 272 g/mol. The van der Waals surface area contributed by atoms with Crippen molar-refractivity contribution in [3.63, 3.8) is 0 Å². The van der Waals surface area contributed by atoms with E-state index in [-0.39, 0.29) is 0 Å². The molecule has 6 nitrogen and oxygen atoms in total. The Bertz CT molecular complexity index is 229. The first-order valence-corrected chi connectivity index (χ1v) is 6.84. The molecule has 110 valence electrons. The van der Waals surface area contributed by atoms with E-state index < -0.39 is 0 Å². The number of nitrogens with zero attached hydrogens (tertiary/aromatic N) is 2. The van der Waals surface area contributed by atoms with Crippen molar-refractivity contribution in [3.05, 3.63) is 0 Å². The number of hydrogen-bond donors (Lipinski definition) is 0. The fourth-order valence-electron chi connectivity index (χ4n) is 1.69. The van der Waals surface area contributed by atoms with Gasteiger partial charge in [0.15, 0.2) is 0 Å². The highest BCUT2D eigenvalue weighted by molar-refractivity contribution is 4.72. The van der Waals surface area contributed by atoms with Crippen LogP contribution < -0.4 is 0 Å². The largest absolute Gasteiger partial charge is 0.378 e. The molecule has 0 atom stereocenters. The van der Waals surface area contributed by atoms with E-state index >= 15 is 0 Å². The van der Waals surface area contributed by atoms with Crippen LogP contribution in [0.4, 0.5) is 0 Å². The highest BCUT2D eigenvalue weighted by atomic mass is 16.6. The van der Waals surface area contributed by atoms with E-state index in [4.69, 9.17) is 24.2 Å². The molecule has 0 N–H and O–H groups in total. The van der Waals surface area contributed by atoms with Crippen molar-refractivity contribution in [1.29, 1.82) is 5.26 Å². The van der Waals surface area contributed by atoms with Gasteiger partial charge < -0.3 is 18.9 Å². The summed E-state index contributed by atoms with van der Waals surface area (Å²) in [5.74, 6) is 0. The molecule has 0 aromatic carbocycles. The van der Waals surface area contributed by atoms with Gasteiger partial charge in [-0.1, -0.05) is 0 Å². The van der Waals surface area contributed by atoms with Crippen molar-refractivity contribution in [2.24, 2.45) is 0 Å². The minimum absolute atomic E-state index is 0.534. The summed E-state index contributed by atoms with van der Waals surface area (Å²) in [6.07, 6.45) is 0.534. The standard InChI is InChI=1S/C13H24N2O4/c14-2-1-3-15-4-6-16-8-10-18-12-13-19-11-9-17-7-5-15/h1,3-13H2. The molecule has 1 aliphatic heterocycles. The van der Waals surface area contributed by atoms with Crippen LogP contribution in [0.25, 0.3) is 0 Å². The van der Waals surface area contributed by atoms with E-state index in [9.17, 15) is 0 Å². The highest BCUT2D eigenvalue weighted by Gasteiger charge is 2.05. The van der Waals surface area contributed by atoms with Gasteiger partial charge >= 0.3 is 0 Å². The van der Waals surface area contributed by atoms with Gasteiger partial charge in [0.1, 0.15) is 0 Å². The lowest BCUT2D eigenvalue weighted by atomic mass is 10.4. The summed E-state index contributed by atoms with van der Waals surface area (Å²) in [7, 11) is 0. The van der Waals surface area contributed by atoms with Crippen molar-refractivity contribution in [2.75, 3.05) is 72.5 Å². The van der Waals surface area contributed by atoms with E-state index in [1.54, 1.807) is 0 Å². The lowest BCUT2D eigenvalue weighted by Crippen LogP contribution is -2.32. The Labute approximate surface area is 115 Å². The molecule has 6 heteroatoms. The molecule has 1 saturated heterocycles. The molecule has 0 spiro atoms. The van der Waals surface area contributed by atoms with Crippen LogP contribution in [-0.4, -0.2) is 77.4 Å². The molecule has 0 unspecified atom stereocenters. The molecule has 0 aromatic heterocycles. The summed E-state index contributed by atoms with van der Waals surface area (Å²) in [6, 6.07) is 2.16. The first kappa shape index (κ1) is 16.3. The first-order valence-electron chi connectivity index (χ1n) is 6.84. The van der Waals surface area contributed by atoms with Crippen molar-refractivity contribution in [2.45, 2.75) is 6.42 Å². The van der Waals surface area contributed by atoms with Crippen LogP contribution in [0.3, 0.4) is 0 Å². The van der Waals surface area contributed by atoms with E-state index in [1.165, 1.54) is 0 Å². The van der Waals surface area contributed by atoms with E-state index in [2.05, 4.69) is 11.0 Å². The smallest absolute Gasteiger partial charge is 0.0701 e. The van der Waals surface area contributed by atoms with Crippen LogP contribution in [0.5, 0.6) is 0 Å². The minimum atomic E-state index is 0.534. The Morgan fingerprint density at radius 2 is 1.16 bits per heavy atom. The average Bonchev–Trinajstić information content (AvgIpc) is 2.44. The zero-order chi connectivity index (χ0) is 13.6. The lowest BCUT2D eigenvalue weighted by Gasteiger charge is -2.20. The van der Waals surface area contributed by atoms with Gasteiger partial charge in [-0.05, 0) is 0 Å². The van der Waals surface area contributed by atoms with Crippen LogP contribution in [0.15, 0.2) is 0 Å². The van der Waals surface area contributed by atoms with E-state index in [1.807, 2.05) is 0 Å². The fraction of sp³-hybridized carbons (Fsp3) is 0.923. The summed E-state index contributed by atoms with van der Waals surface area (Å²) < 4.78 is 21.7. The normalized spacial score (nSPS) is 22.1. The molecule has 1 rings (SSSR count). The molecular weight excluding hydrogens is 248 g/mol. The zero-order valence-electron chi connectivity index (χ0n) is 11.5. The van der Waals surface area contributed by atoms with Crippen molar-refractivity contribution in [1.82, 2.24) is 4.90 Å². The second-order valence-corrected chi connectivity index (χ2v) is 4.20. The molecule has 0 saturated carbocycles. The maximum atomic E-state index is 8.63. The van der Waals surface area contributed by atoms with Crippen LogP contribution in [0, 0.1) is 11.3 Å². The predicted octanol–water partition coefficient (Wildman–Crippen LogP) is 0.282. The Balaban J connectivity index is 2.23. The number of hydrogen-bond acceptors (Lipinski definition) is 6. The van der Waals surface area contributed by atoms with E-state index in [0.29, 0.717) is 59.3 Å². The summed E-state index contributed by atoms with van der Waals surface area (Å²) in [5.41, 5.74) is 0. The maximum absolute atomic E-state index is 8.63. The Morgan fingerprint density at radius 1 is 0.737 bits per heavy atom. The van der Waals surface area contributed by atoms with Gasteiger partial charge in [0.25, 0.3) is 0 Å². The second kappa shape index (κ2) is 12.3. The first-order chi connectivity index (χ1) is 9.43. The Hall–Kier alpha value is -0.710. The van der Waals surface area contributed by atoms with Gasteiger partial charge in [0.2, 0.25) is 0 Å². The number of ether oxygens (including phenoxy) is 4. The zero-order valence-corrected chi connectivity index (χ0v) is 11.5. The Kier molecular flexibility index (Phi) is 10.6. The van der Waals surface area contributed by atoms with Gasteiger partial charge in [-0.3, -0.25) is 4.90 Å². The van der Waals surface area contributed by atoms with Gasteiger partial charge in [-0.25, -0.2) is 0 Å². The highest BCUT2D eigenvalue weighted by Crippen LogP contribution is 1.93. The Morgan fingerprint density at radius 3 is 1.58 bits per heavy atom. The van der Waals surface area contributed by atoms with Crippen molar-refractivity contribution < 1.29 is 18.9 Å². The topological polar surface area (TPSA) is 64.0 Å². The lowest BCUT2D eigenvalue weighted by molar-refractivity contribution is 0.00206. The second-order valence-electron chi connectivity index (χ2n) is 4.20. The molecular formula is C13H24N2O4. The molecule has 0 aromatic rings. The van der Waals surface area contributed by atoms with Crippen molar-refractivity contribution >= 4 is 0 Å². The third-order valence-electron chi connectivity index (χ3n) is 2.76. The minimum Gasteiger partial charge on any atom is -0.378 e.